The molecular weight excluding hydrogens is 528 g/mol. The molecule has 1 N–H and O–H groups in total. The van der Waals surface area contributed by atoms with Crippen molar-refractivity contribution >= 4 is 17.0 Å². The van der Waals surface area contributed by atoms with E-state index in [2.05, 4.69) is 4.98 Å². The van der Waals surface area contributed by atoms with Crippen molar-refractivity contribution in [3.8, 4) is 17.1 Å². The zero-order valence-electron chi connectivity index (χ0n) is 22.3. The highest BCUT2D eigenvalue weighted by Crippen LogP contribution is 2.27. The van der Waals surface area contributed by atoms with Gasteiger partial charge in [0.1, 0.15) is 18.2 Å². The fourth-order valence-electron chi connectivity index (χ4n) is 4.85. The zero-order chi connectivity index (χ0) is 28.5. The van der Waals surface area contributed by atoms with Crippen LogP contribution < -0.4 is 4.74 Å². The number of aryl methyl sites for hydroxylation is 1. The first-order valence-corrected chi connectivity index (χ1v) is 13.3. The van der Waals surface area contributed by atoms with E-state index in [0.29, 0.717) is 24.2 Å². The number of benzene rings is 3. The smallest absolute Gasteiger partial charge is 0.335 e. The SMILES string of the molecule is Cc1ccc(COc2nc(-c3ccc(Cc4nc5ccc(C(=O)O)cc5n4C[C@@H]4CCO4)cc3)ccc2F)c(F)c1. The van der Waals surface area contributed by atoms with E-state index in [1.54, 1.807) is 43.3 Å². The Morgan fingerprint density at radius 1 is 1.02 bits per heavy atom. The summed E-state index contributed by atoms with van der Waals surface area (Å²) in [6, 6.07) is 20.3. The molecule has 0 amide bonds. The number of nitrogens with zero attached hydrogens (tertiary/aromatic N) is 3. The molecule has 2 aromatic heterocycles. The summed E-state index contributed by atoms with van der Waals surface area (Å²) in [6.45, 7) is 2.98. The van der Waals surface area contributed by atoms with Crippen molar-refractivity contribution in [3.63, 3.8) is 0 Å². The van der Waals surface area contributed by atoms with Crippen molar-refractivity contribution < 1.29 is 28.2 Å². The van der Waals surface area contributed by atoms with Gasteiger partial charge >= 0.3 is 5.97 Å². The van der Waals surface area contributed by atoms with Crippen molar-refractivity contribution in [1.82, 2.24) is 14.5 Å². The van der Waals surface area contributed by atoms with Gasteiger partial charge in [-0.05, 0) is 60.9 Å². The summed E-state index contributed by atoms with van der Waals surface area (Å²) in [5.74, 6) is -1.41. The molecular formula is C32H27F2N3O4. The Morgan fingerprint density at radius 2 is 1.83 bits per heavy atom. The van der Waals surface area contributed by atoms with Crippen LogP contribution in [0, 0.1) is 18.6 Å². The van der Waals surface area contributed by atoms with Crippen LogP contribution >= 0.6 is 0 Å². The molecule has 6 rings (SSSR count). The van der Waals surface area contributed by atoms with Crippen LogP contribution in [0.2, 0.25) is 0 Å². The Hall–Kier alpha value is -4.63. The second-order valence-corrected chi connectivity index (χ2v) is 10.2. The third kappa shape index (κ3) is 5.67. The van der Waals surface area contributed by atoms with Gasteiger partial charge in [-0.3, -0.25) is 0 Å². The van der Waals surface area contributed by atoms with Crippen molar-refractivity contribution in [2.45, 2.75) is 39.0 Å². The summed E-state index contributed by atoms with van der Waals surface area (Å²) in [7, 11) is 0. The number of hydrogen-bond acceptors (Lipinski definition) is 5. The first-order chi connectivity index (χ1) is 19.8. The fourth-order valence-corrected chi connectivity index (χ4v) is 4.85. The summed E-state index contributed by atoms with van der Waals surface area (Å²) >= 11 is 0. The lowest BCUT2D eigenvalue weighted by molar-refractivity contribution is -0.0589. The second kappa shape index (κ2) is 11.1. The predicted octanol–water partition coefficient (Wildman–Crippen LogP) is 6.34. The largest absolute Gasteiger partial charge is 0.478 e. The van der Waals surface area contributed by atoms with Crippen LogP contribution in [-0.2, 0) is 24.3 Å². The molecule has 0 aliphatic carbocycles. The van der Waals surface area contributed by atoms with E-state index >= 15 is 0 Å². The third-order valence-corrected chi connectivity index (χ3v) is 7.25. The van der Waals surface area contributed by atoms with Gasteiger partial charge in [0.25, 0.3) is 5.88 Å². The van der Waals surface area contributed by atoms with Crippen molar-refractivity contribution in [3.05, 3.63) is 113 Å². The topological polar surface area (TPSA) is 86.5 Å². The van der Waals surface area contributed by atoms with Gasteiger partial charge in [0.05, 0.1) is 34.9 Å². The average molecular weight is 556 g/mol. The summed E-state index contributed by atoms with van der Waals surface area (Å²) in [5.41, 5.74) is 5.10. The molecule has 1 aliphatic heterocycles. The highest BCUT2D eigenvalue weighted by Gasteiger charge is 2.22. The van der Waals surface area contributed by atoms with Crippen molar-refractivity contribution in [2.75, 3.05) is 6.61 Å². The van der Waals surface area contributed by atoms with Crippen LogP contribution in [0.5, 0.6) is 5.88 Å². The number of aromatic nitrogens is 3. The van der Waals surface area contributed by atoms with Gasteiger partial charge in [-0.1, -0.05) is 36.4 Å². The lowest BCUT2D eigenvalue weighted by atomic mass is 10.1. The second-order valence-electron chi connectivity index (χ2n) is 10.2. The van der Waals surface area contributed by atoms with E-state index in [0.717, 1.165) is 46.6 Å². The van der Waals surface area contributed by atoms with Gasteiger partial charge in [-0.15, -0.1) is 0 Å². The summed E-state index contributed by atoms with van der Waals surface area (Å²) in [6.07, 6.45) is 1.55. The van der Waals surface area contributed by atoms with Crippen LogP contribution in [0.25, 0.3) is 22.3 Å². The molecule has 1 atom stereocenters. The number of carboxylic acids is 1. The number of aromatic carboxylic acids is 1. The molecule has 0 spiro atoms. The number of hydrogen-bond donors (Lipinski definition) is 1. The monoisotopic (exact) mass is 555 g/mol. The molecule has 5 aromatic rings. The minimum atomic E-state index is -0.984. The van der Waals surface area contributed by atoms with Crippen LogP contribution in [0.4, 0.5) is 8.78 Å². The van der Waals surface area contributed by atoms with Gasteiger partial charge in [0.15, 0.2) is 5.82 Å². The van der Waals surface area contributed by atoms with E-state index in [1.807, 2.05) is 28.8 Å². The van der Waals surface area contributed by atoms with Gasteiger partial charge < -0.3 is 19.1 Å². The number of ether oxygens (including phenoxy) is 2. The van der Waals surface area contributed by atoms with Gasteiger partial charge in [0, 0.05) is 24.2 Å². The third-order valence-electron chi connectivity index (χ3n) is 7.25. The molecule has 208 valence electrons. The Balaban J connectivity index is 1.22. The highest BCUT2D eigenvalue weighted by atomic mass is 19.1. The van der Waals surface area contributed by atoms with E-state index in [1.165, 1.54) is 12.1 Å². The first kappa shape index (κ1) is 26.6. The molecule has 3 heterocycles. The molecule has 1 aliphatic rings. The summed E-state index contributed by atoms with van der Waals surface area (Å²) < 4.78 is 41.8. The minimum Gasteiger partial charge on any atom is -0.478 e. The van der Waals surface area contributed by atoms with E-state index in [-0.39, 0.29) is 24.2 Å². The average Bonchev–Trinajstić information content (AvgIpc) is 3.27. The molecule has 0 saturated carbocycles. The number of carbonyl (C=O) groups is 1. The quantitative estimate of drug-likeness (QED) is 0.228. The summed E-state index contributed by atoms with van der Waals surface area (Å²) in [4.78, 5) is 20.7. The van der Waals surface area contributed by atoms with Crippen LogP contribution in [0.3, 0.4) is 0 Å². The zero-order valence-corrected chi connectivity index (χ0v) is 22.3. The normalized spacial score (nSPS) is 14.7. The highest BCUT2D eigenvalue weighted by molar-refractivity contribution is 5.92. The van der Waals surface area contributed by atoms with Gasteiger partial charge in [-0.2, -0.15) is 0 Å². The molecule has 1 saturated heterocycles. The molecule has 1 fully saturated rings. The van der Waals surface area contributed by atoms with E-state index in [9.17, 15) is 18.7 Å². The Labute approximate surface area is 235 Å². The molecule has 9 heteroatoms. The number of imidazole rings is 1. The lowest BCUT2D eigenvalue weighted by Crippen LogP contribution is -2.31. The number of carboxylic acid groups (broad SMARTS) is 1. The standard InChI is InChI=1S/C32H27F2N3O4/c1-19-2-5-23(26(34)14-19)18-41-31-25(33)9-11-27(36-31)21-6-3-20(4-7-21)15-30-35-28-10-8-22(32(38)39)16-29(28)37(30)17-24-12-13-40-24/h2-11,14,16,24H,12-13,15,17-18H2,1H3,(H,38,39)/t24-/m0/s1. The fraction of sp³-hybridized carbons (Fsp3) is 0.219. The number of pyridine rings is 1. The molecule has 0 bridgehead atoms. The number of fused-ring (bicyclic) bond motifs is 1. The summed E-state index contributed by atoms with van der Waals surface area (Å²) in [5, 5.41) is 9.47. The Bertz CT molecular complexity index is 1750. The molecule has 0 radical (unpaired) electrons. The Morgan fingerprint density at radius 3 is 2.54 bits per heavy atom. The van der Waals surface area contributed by atoms with Crippen molar-refractivity contribution in [1.29, 1.82) is 0 Å². The molecule has 3 aromatic carbocycles. The van der Waals surface area contributed by atoms with E-state index in [4.69, 9.17) is 14.5 Å². The minimum absolute atomic E-state index is 0.0745. The van der Waals surface area contributed by atoms with E-state index < -0.39 is 17.6 Å². The van der Waals surface area contributed by atoms with Crippen LogP contribution in [-0.4, -0.2) is 38.3 Å². The molecule has 7 nitrogen and oxygen atoms in total. The molecule has 41 heavy (non-hydrogen) atoms. The number of halogens is 2. The first-order valence-electron chi connectivity index (χ1n) is 13.3. The lowest BCUT2D eigenvalue weighted by Gasteiger charge is -2.27. The van der Waals surface area contributed by atoms with Gasteiger partial charge in [0.2, 0.25) is 0 Å². The van der Waals surface area contributed by atoms with Crippen molar-refractivity contribution in [2.24, 2.45) is 0 Å². The maximum Gasteiger partial charge on any atom is 0.335 e. The van der Waals surface area contributed by atoms with Crippen LogP contribution in [0.1, 0.15) is 39.3 Å². The maximum absolute atomic E-state index is 14.4. The number of rotatable bonds is 9. The predicted molar refractivity (Wildman–Crippen MR) is 149 cm³/mol. The van der Waals surface area contributed by atoms with Gasteiger partial charge in [-0.25, -0.2) is 23.5 Å². The Kier molecular flexibility index (Phi) is 7.19. The molecule has 0 unspecified atom stereocenters. The maximum atomic E-state index is 14.4. The van der Waals surface area contributed by atoms with Crippen LogP contribution in [0.15, 0.2) is 72.8 Å².